The molecule has 2 aromatic rings. The maximum absolute atomic E-state index is 6.00. The molecule has 1 atom stereocenters. The Morgan fingerprint density at radius 2 is 2.08 bits per heavy atom. The minimum absolute atomic E-state index is 0.472. The van der Waals surface area contributed by atoms with Crippen LogP contribution in [0.25, 0.3) is 0 Å². The molecule has 128 valence electrons. The Bertz CT molecular complexity index is 629. The molecule has 24 heavy (non-hydrogen) atoms. The number of ether oxygens (including phenoxy) is 2. The summed E-state index contributed by atoms with van der Waals surface area (Å²) in [6.45, 7) is 7.31. The van der Waals surface area contributed by atoms with Crippen molar-refractivity contribution in [3.63, 3.8) is 0 Å². The molecule has 1 N–H and O–H groups in total. The van der Waals surface area contributed by atoms with Gasteiger partial charge in [-0.25, -0.2) is 0 Å². The maximum atomic E-state index is 6.00. The second kappa shape index (κ2) is 8.27. The van der Waals surface area contributed by atoms with Crippen molar-refractivity contribution in [3.8, 4) is 5.75 Å². The van der Waals surface area contributed by atoms with E-state index in [1.807, 2.05) is 18.2 Å². The number of aryl methyl sites for hydroxylation is 2. The van der Waals surface area contributed by atoms with Gasteiger partial charge in [0.05, 0.1) is 12.3 Å². The van der Waals surface area contributed by atoms with Gasteiger partial charge in [-0.3, -0.25) is 4.98 Å². The molecular weight excluding hydrogens is 300 g/mol. The Hall–Kier alpha value is -1.91. The van der Waals surface area contributed by atoms with Crippen molar-refractivity contribution in [2.75, 3.05) is 13.2 Å². The van der Waals surface area contributed by atoms with E-state index in [1.54, 1.807) is 6.20 Å². The number of hydrogen-bond acceptors (Lipinski definition) is 4. The molecule has 1 aliphatic rings. The van der Waals surface area contributed by atoms with Gasteiger partial charge in [-0.15, -0.1) is 0 Å². The maximum Gasteiger partial charge on any atom is 0.130 e. The van der Waals surface area contributed by atoms with E-state index in [1.165, 1.54) is 23.1 Å². The fourth-order valence-corrected chi connectivity index (χ4v) is 3.16. The molecule has 1 saturated heterocycles. The summed E-state index contributed by atoms with van der Waals surface area (Å²) in [6, 6.07) is 10.8. The second-order valence-corrected chi connectivity index (χ2v) is 6.46. The van der Waals surface area contributed by atoms with Gasteiger partial charge in [-0.2, -0.15) is 0 Å². The van der Waals surface area contributed by atoms with Gasteiger partial charge in [0.2, 0.25) is 0 Å². The average Bonchev–Trinajstić information content (AvgIpc) is 2.61. The molecule has 0 aliphatic carbocycles. The number of benzene rings is 1. The van der Waals surface area contributed by atoms with Crippen molar-refractivity contribution >= 4 is 0 Å². The van der Waals surface area contributed by atoms with Crippen molar-refractivity contribution in [1.29, 1.82) is 0 Å². The molecule has 0 bridgehead atoms. The molecule has 1 aromatic carbocycles. The number of pyridine rings is 1. The summed E-state index contributed by atoms with van der Waals surface area (Å²) in [4.78, 5) is 4.31. The van der Waals surface area contributed by atoms with Gasteiger partial charge >= 0.3 is 0 Å². The first kappa shape index (κ1) is 16.9. The molecule has 0 saturated carbocycles. The van der Waals surface area contributed by atoms with Crippen LogP contribution in [0.3, 0.4) is 0 Å². The highest BCUT2D eigenvalue weighted by molar-refractivity contribution is 5.43. The predicted octanol–water partition coefficient (Wildman–Crippen LogP) is 3.55. The van der Waals surface area contributed by atoms with Crippen LogP contribution >= 0.6 is 0 Å². The highest BCUT2D eigenvalue weighted by Gasteiger charge is 2.13. The van der Waals surface area contributed by atoms with Crippen LogP contribution in [0.4, 0.5) is 0 Å². The first-order chi connectivity index (χ1) is 11.7. The third kappa shape index (κ3) is 4.56. The minimum atomic E-state index is 0.472. The molecule has 1 aliphatic heterocycles. The van der Waals surface area contributed by atoms with Gasteiger partial charge in [0.25, 0.3) is 0 Å². The molecule has 0 radical (unpaired) electrons. The fourth-order valence-electron chi connectivity index (χ4n) is 3.16. The van der Waals surface area contributed by atoms with Crippen molar-refractivity contribution in [2.45, 2.75) is 45.9 Å². The topological polar surface area (TPSA) is 43.4 Å². The zero-order chi connectivity index (χ0) is 16.8. The summed E-state index contributed by atoms with van der Waals surface area (Å²) in [7, 11) is 0. The normalized spacial score (nSPS) is 17.7. The lowest BCUT2D eigenvalue weighted by Crippen LogP contribution is -2.36. The molecule has 4 nitrogen and oxygen atoms in total. The summed E-state index contributed by atoms with van der Waals surface area (Å²) in [5.41, 5.74) is 4.57. The van der Waals surface area contributed by atoms with Crippen LogP contribution in [-0.2, 0) is 17.9 Å². The average molecular weight is 326 g/mol. The fraction of sp³-hybridized carbons (Fsp3) is 0.450. The Morgan fingerprint density at radius 1 is 1.25 bits per heavy atom. The molecule has 1 unspecified atom stereocenters. The summed E-state index contributed by atoms with van der Waals surface area (Å²) in [5, 5.41) is 3.59. The first-order valence-electron chi connectivity index (χ1n) is 8.66. The lowest BCUT2D eigenvalue weighted by molar-refractivity contribution is 0.0699. The van der Waals surface area contributed by atoms with E-state index in [0.29, 0.717) is 12.6 Å². The van der Waals surface area contributed by atoms with Gasteiger partial charge < -0.3 is 14.8 Å². The van der Waals surface area contributed by atoms with Gasteiger partial charge in [0.1, 0.15) is 12.4 Å². The predicted molar refractivity (Wildman–Crippen MR) is 95.2 cm³/mol. The van der Waals surface area contributed by atoms with E-state index < -0.39 is 0 Å². The highest BCUT2D eigenvalue weighted by Crippen LogP contribution is 2.25. The van der Waals surface area contributed by atoms with E-state index in [9.17, 15) is 0 Å². The minimum Gasteiger partial charge on any atom is -0.487 e. The van der Waals surface area contributed by atoms with Crippen molar-refractivity contribution in [2.24, 2.45) is 0 Å². The largest absolute Gasteiger partial charge is 0.487 e. The van der Waals surface area contributed by atoms with Crippen LogP contribution in [0.2, 0.25) is 0 Å². The molecule has 0 spiro atoms. The lowest BCUT2D eigenvalue weighted by atomic mass is 10.0. The van der Waals surface area contributed by atoms with Crippen LogP contribution in [0.5, 0.6) is 5.75 Å². The number of aromatic nitrogens is 1. The molecule has 1 fully saturated rings. The van der Waals surface area contributed by atoms with Crippen LogP contribution in [-0.4, -0.2) is 24.2 Å². The van der Waals surface area contributed by atoms with E-state index in [-0.39, 0.29) is 0 Å². The zero-order valence-electron chi connectivity index (χ0n) is 14.5. The Kier molecular flexibility index (Phi) is 5.83. The van der Waals surface area contributed by atoms with Gasteiger partial charge in [0.15, 0.2) is 0 Å². The van der Waals surface area contributed by atoms with Crippen molar-refractivity contribution in [1.82, 2.24) is 10.3 Å². The Morgan fingerprint density at radius 3 is 2.75 bits per heavy atom. The number of nitrogens with zero attached hydrogens (tertiary/aromatic N) is 1. The van der Waals surface area contributed by atoms with Crippen molar-refractivity contribution < 1.29 is 9.47 Å². The standard InChI is InChI=1S/C20H26N2O2/c1-15-10-17(12-22-18-7-5-9-23-13-18)11-16(2)20(15)24-14-19-6-3-4-8-21-19/h3-4,6,8,10-11,18,22H,5,7,9,12-14H2,1-2H3. The van der Waals surface area contributed by atoms with Crippen LogP contribution in [0.15, 0.2) is 36.5 Å². The molecule has 2 heterocycles. The molecule has 1 aromatic heterocycles. The van der Waals surface area contributed by atoms with E-state index in [2.05, 4.69) is 36.3 Å². The first-order valence-corrected chi connectivity index (χ1v) is 8.66. The van der Waals surface area contributed by atoms with Crippen LogP contribution < -0.4 is 10.1 Å². The van der Waals surface area contributed by atoms with Gasteiger partial charge in [0, 0.05) is 25.4 Å². The summed E-state index contributed by atoms with van der Waals surface area (Å²) in [6.07, 6.45) is 4.14. The quantitative estimate of drug-likeness (QED) is 0.882. The van der Waals surface area contributed by atoms with E-state index in [4.69, 9.17) is 9.47 Å². The van der Waals surface area contributed by atoms with Gasteiger partial charge in [-0.1, -0.05) is 18.2 Å². The number of rotatable bonds is 6. The smallest absolute Gasteiger partial charge is 0.130 e. The number of hydrogen-bond donors (Lipinski definition) is 1. The third-order valence-electron chi connectivity index (χ3n) is 4.37. The van der Waals surface area contributed by atoms with E-state index >= 15 is 0 Å². The lowest BCUT2D eigenvalue weighted by Gasteiger charge is -2.23. The summed E-state index contributed by atoms with van der Waals surface area (Å²) >= 11 is 0. The monoisotopic (exact) mass is 326 g/mol. The molecule has 0 amide bonds. The summed E-state index contributed by atoms with van der Waals surface area (Å²) in [5.74, 6) is 0.963. The van der Waals surface area contributed by atoms with Crippen LogP contribution in [0.1, 0.15) is 35.2 Å². The van der Waals surface area contributed by atoms with Gasteiger partial charge in [-0.05, 0) is 55.5 Å². The van der Waals surface area contributed by atoms with Crippen molar-refractivity contribution in [3.05, 3.63) is 58.9 Å². The Labute approximate surface area is 144 Å². The molecular formula is C20H26N2O2. The SMILES string of the molecule is Cc1cc(CNC2CCCOC2)cc(C)c1OCc1ccccn1. The zero-order valence-corrected chi connectivity index (χ0v) is 14.5. The highest BCUT2D eigenvalue weighted by atomic mass is 16.5. The number of nitrogens with one attached hydrogen (secondary N) is 1. The van der Waals surface area contributed by atoms with Crippen LogP contribution in [0, 0.1) is 13.8 Å². The third-order valence-corrected chi connectivity index (χ3v) is 4.37. The van der Waals surface area contributed by atoms with E-state index in [0.717, 1.165) is 37.6 Å². The summed E-state index contributed by atoms with van der Waals surface area (Å²) < 4.78 is 11.5. The molecule has 4 heteroatoms. The Balaban J connectivity index is 1.60. The second-order valence-electron chi connectivity index (χ2n) is 6.46. The molecule has 3 rings (SSSR count).